The average molecular weight is 310 g/mol. The lowest BCUT2D eigenvalue weighted by atomic mass is 10.2. The molecule has 1 fully saturated rings. The zero-order chi connectivity index (χ0) is 14.1. The number of hydrogen-bond acceptors (Lipinski definition) is 4. The number of rotatable bonds is 6. The number of aromatic nitrogens is 2. The Morgan fingerprint density at radius 1 is 1.35 bits per heavy atom. The summed E-state index contributed by atoms with van der Waals surface area (Å²) in [6.45, 7) is 5.48. The first-order valence-electron chi connectivity index (χ1n) is 7.45. The highest BCUT2D eigenvalue weighted by atomic mass is 35.5. The van der Waals surface area contributed by atoms with Crippen LogP contribution < -0.4 is 4.90 Å². The molecule has 1 aliphatic rings. The summed E-state index contributed by atoms with van der Waals surface area (Å²) >= 11 is 7.87. The third kappa shape index (κ3) is 2.77. The van der Waals surface area contributed by atoms with Crippen LogP contribution >= 0.6 is 22.9 Å². The van der Waals surface area contributed by atoms with E-state index >= 15 is 0 Å². The van der Waals surface area contributed by atoms with Crippen LogP contribution in [0.15, 0.2) is 6.07 Å². The van der Waals surface area contributed by atoms with Gasteiger partial charge in [-0.05, 0) is 43.4 Å². The molecule has 0 amide bonds. The SMILES string of the molecule is CCCCN(c1nc(Cl)nc2sc(CC)cc12)C1CC1. The molecule has 3 nitrogen and oxygen atoms in total. The molecular weight excluding hydrogens is 290 g/mol. The minimum Gasteiger partial charge on any atom is -0.353 e. The Morgan fingerprint density at radius 3 is 2.80 bits per heavy atom. The molecule has 0 aromatic carbocycles. The molecule has 0 saturated heterocycles. The van der Waals surface area contributed by atoms with Crippen LogP contribution in [-0.4, -0.2) is 22.6 Å². The topological polar surface area (TPSA) is 29.0 Å². The Bertz CT molecular complexity index is 606. The number of halogens is 1. The van der Waals surface area contributed by atoms with Gasteiger partial charge in [-0.1, -0.05) is 20.3 Å². The molecule has 1 aliphatic carbocycles. The van der Waals surface area contributed by atoms with E-state index in [2.05, 4.69) is 34.8 Å². The monoisotopic (exact) mass is 309 g/mol. The number of nitrogens with zero attached hydrogens (tertiary/aromatic N) is 3. The van der Waals surface area contributed by atoms with Crippen LogP contribution in [0.25, 0.3) is 10.2 Å². The van der Waals surface area contributed by atoms with Gasteiger partial charge < -0.3 is 4.90 Å². The number of fused-ring (bicyclic) bond motifs is 1. The van der Waals surface area contributed by atoms with E-state index in [0.717, 1.165) is 23.6 Å². The predicted molar refractivity (Wildman–Crippen MR) is 87.1 cm³/mol. The second-order valence-electron chi connectivity index (χ2n) is 5.38. The third-order valence-corrected chi connectivity index (χ3v) is 5.10. The van der Waals surface area contributed by atoms with E-state index < -0.39 is 0 Å². The van der Waals surface area contributed by atoms with Gasteiger partial charge in [0.25, 0.3) is 0 Å². The summed E-state index contributed by atoms with van der Waals surface area (Å²) in [4.78, 5) is 13.8. The summed E-state index contributed by atoms with van der Waals surface area (Å²) in [5.41, 5.74) is 0. The molecule has 0 radical (unpaired) electrons. The number of anilines is 1. The van der Waals surface area contributed by atoms with Gasteiger partial charge in [0.05, 0.1) is 5.39 Å². The fourth-order valence-electron chi connectivity index (χ4n) is 2.50. The number of hydrogen-bond donors (Lipinski definition) is 0. The van der Waals surface area contributed by atoms with Crippen LogP contribution in [0, 0.1) is 0 Å². The third-order valence-electron chi connectivity index (χ3n) is 3.76. The summed E-state index contributed by atoms with van der Waals surface area (Å²) in [6.07, 6.45) is 5.99. The van der Waals surface area contributed by atoms with Crippen LogP contribution in [0.3, 0.4) is 0 Å². The minimum absolute atomic E-state index is 0.374. The van der Waals surface area contributed by atoms with Gasteiger partial charge in [0.1, 0.15) is 10.6 Å². The highest BCUT2D eigenvalue weighted by molar-refractivity contribution is 7.18. The molecule has 0 aliphatic heterocycles. The maximum atomic E-state index is 6.14. The second kappa shape index (κ2) is 5.86. The largest absolute Gasteiger partial charge is 0.353 e. The standard InChI is InChI=1S/C15H20ClN3S/c1-3-5-8-19(10-6-7-10)13-12-9-11(4-2)20-14(12)18-15(16)17-13/h9-10H,3-8H2,1-2H3. The van der Waals surface area contributed by atoms with E-state index in [4.69, 9.17) is 11.6 Å². The van der Waals surface area contributed by atoms with Crippen molar-refractivity contribution in [2.24, 2.45) is 0 Å². The molecule has 0 unspecified atom stereocenters. The predicted octanol–water partition coefficient (Wildman–Crippen LogP) is 4.68. The smallest absolute Gasteiger partial charge is 0.225 e. The molecule has 2 heterocycles. The van der Waals surface area contributed by atoms with Crippen LogP contribution in [0.4, 0.5) is 5.82 Å². The normalized spacial score (nSPS) is 14.9. The first-order chi connectivity index (χ1) is 9.72. The van der Waals surface area contributed by atoms with Crippen molar-refractivity contribution in [2.45, 2.75) is 52.0 Å². The lowest BCUT2D eigenvalue weighted by Gasteiger charge is -2.24. The van der Waals surface area contributed by atoms with E-state index in [0.29, 0.717) is 11.3 Å². The zero-order valence-electron chi connectivity index (χ0n) is 12.0. The van der Waals surface area contributed by atoms with E-state index in [1.165, 1.54) is 35.9 Å². The molecule has 108 valence electrons. The zero-order valence-corrected chi connectivity index (χ0v) is 13.6. The average Bonchev–Trinajstić information content (AvgIpc) is 3.18. The lowest BCUT2D eigenvalue weighted by Crippen LogP contribution is -2.28. The van der Waals surface area contributed by atoms with Gasteiger partial charge in [-0.2, -0.15) is 4.98 Å². The minimum atomic E-state index is 0.374. The first-order valence-corrected chi connectivity index (χ1v) is 8.65. The van der Waals surface area contributed by atoms with Crippen molar-refractivity contribution < 1.29 is 0 Å². The summed E-state index contributed by atoms with van der Waals surface area (Å²) in [5, 5.41) is 1.55. The van der Waals surface area contributed by atoms with E-state index in [1.54, 1.807) is 11.3 Å². The lowest BCUT2D eigenvalue weighted by molar-refractivity contribution is 0.706. The van der Waals surface area contributed by atoms with Crippen molar-refractivity contribution in [2.75, 3.05) is 11.4 Å². The van der Waals surface area contributed by atoms with Crippen molar-refractivity contribution in [3.8, 4) is 0 Å². The number of unbranched alkanes of at least 4 members (excludes halogenated alkanes) is 1. The van der Waals surface area contributed by atoms with Crippen LogP contribution in [0.2, 0.25) is 5.28 Å². The fraction of sp³-hybridized carbons (Fsp3) is 0.600. The Morgan fingerprint density at radius 2 is 2.15 bits per heavy atom. The molecular formula is C15H20ClN3S. The van der Waals surface area contributed by atoms with Gasteiger partial charge in [-0.15, -0.1) is 11.3 Å². The number of thiophene rings is 1. The van der Waals surface area contributed by atoms with E-state index in [1.807, 2.05) is 0 Å². The molecule has 0 bridgehead atoms. The molecule has 1 saturated carbocycles. The van der Waals surface area contributed by atoms with Gasteiger partial charge in [0, 0.05) is 17.5 Å². The Kier molecular flexibility index (Phi) is 4.13. The summed E-state index contributed by atoms with van der Waals surface area (Å²) in [7, 11) is 0. The molecule has 0 N–H and O–H groups in total. The quantitative estimate of drug-likeness (QED) is 0.726. The van der Waals surface area contributed by atoms with Crippen molar-refractivity contribution in [1.29, 1.82) is 0 Å². The number of aryl methyl sites for hydroxylation is 1. The Hall–Kier alpha value is -0.870. The van der Waals surface area contributed by atoms with Crippen molar-refractivity contribution in [1.82, 2.24) is 9.97 Å². The molecule has 5 heteroatoms. The van der Waals surface area contributed by atoms with Crippen molar-refractivity contribution in [3.63, 3.8) is 0 Å². The fourth-order valence-corrected chi connectivity index (χ4v) is 3.68. The van der Waals surface area contributed by atoms with Crippen LogP contribution in [-0.2, 0) is 6.42 Å². The Labute approximate surface area is 129 Å². The molecule has 2 aromatic heterocycles. The van der Waals surface area contributed by atoms with Crippen molar-refractivity contribution in [3.05, 3.63) is 16.2 Å². The van der Waals surface area contributed by atoms with Gasteiger partial charge in [0.2, 0.25) is 5.28 Å². The summed E-state index contributed by atoms with van der Waals surface area (Å²) in [5.74, 6) is 1.05. The highest BCUT2D eigenvalue weighted by Crippen LogP contribution is 2.37. The first kappa shape index (κ1) is 14.1. The maximum Gasteiger partial charge on any atom is 0.225 e. The van der Waals surface area contributed by atoms with Crippen LogP contribution in [0.5, 0.6) is 0 Å². The summed E-state index contributed by atoms with van der Waals surface area (Å²) in [6, 6.07) is 2.90. The molecule has 3 rings (SSSR count). The van der Waals surface area contributed by atoms with Gasteiger partial charge >= 0.3 is 0 Å². The maximum absolute atomic E-state index is 6.14. The van der Waals surface area contributed by atoms with E-state index in [9.17, 15) is 0 Å². The second-order valence-corrected chi connectivity index (χ2v) is 6.83. The van der Waals surface area contributed by atoms with Gasteiger partial charge in [0.15, 0.2) is 0 Å². The van der Waals surface area contributed by atoms with Crippen molar-refractivity contribution >= 4 is 39.0 Å². The Balaban J connectivity index is 2.04. The molecule has 2 aromatic rings. The molecule has 20 heavy (non-hydrogen) atoms. The molecule has 0 atom stereocenters. The van der Waals surface area contributed by atoms with Crippen LogP contribution in [0.1, 0.15) is 44.4 Å². The highest BCUT2D eigenvalue weighted by Gasteiger charge is 2.31. The van der Waals surface area contributed by atoms with E-state index in [-0.39, 0.29) is 0 Å². The summed E-state index contributed by atoms with van der Waals surface area (Å²) < 4.78 is 0. The van der Waals surface area contributed by atoms with Gasteiger partial charge in [-0.3, -0.25) is 0 Å². The van der Waals surface area contributed by atoms with Gasteiger partial charge in [-0.25, -0.2) is 4.98 Å². The molecule has 0 spiro atoms.